The fraction of sp³-hybridized carbons (Fsp3) is 0.588. The summed E-state index contributed by atoms with van der Waals surface area (Å²) >= 11 is 6.09. The van der Waals surface area contributed by atoms with E-state index in [1.807, 2.05) is 0 Å². The van der Waals surface area contributed by atoms with Crippen molar-refractivity contribution in [3.05, 3.63) is 34.6 Å². The molecule has 1 aliphatic rings. The number of amides is 1. The van der Waals surface area contributed by atoms with Crippen molar-refractivity contribution in [1.29, 1.82) is 0 Å². The van der Waals surface area contributed by atoms with Crippen LogP contribution >= 0.6 is 11.6 Å². The van der Waals surface area contributed by atoms with Crippen LogP contribution in [-0.2, 0) is 16.1 Å². The summed E-state index contributed by atoms with van der Waals surface area (Å²) in [5.74, 6) is -0.258. The Balaban J connectivity index is 1.87. The van der Waals surface area contributed by atoms with Gasteiger partial charge in [-0.25, -0.2) is 4.39 Å². The van der Waals surface area contributed by atoms with Crippen molar-refractivity contribution >= 4 is 17.5 Å². The minimum absolute atomic E-state index is 0.0446. The Kier molecular flexibility index (Phi) is 7.27. The molecule has 1 heterocycles. The molecule has 1 unspecified atom stereocenters. The Hall–Kier alpha value is -1.17. The van der Waals surface area contributed by atoms with Gasteiger partial charge >= 0.3 is 0 Å². The van der Waals surface area contributed by atoms with Crippen LogP contribution < -0.4 is 5.32 Å². The number of likely N-dealkylation sites (tertiary alicyclic amines) is 1. The van der Waals surface area contributed by atoms with Gasteiger partial charge in [0.25, 0.3) is 0 Å². The third kappa shape index (κ3) is 5.44. The summed E-state index contributed by atoms with van der Waals surface area (Å²) in [4.78, 5) is 14.3. The SMILES string of the molecule is COCCCNC(=O)C1CCCN(Cc2c(F)cccc2Cl)C1. The van der Waals surface area contributed by atoms with E-state index in [4.69, 9.17) is 16.3 Å². The van der Waals surface area contributed by atoms with E-state index in [2.05, 4.69) is 10.2 Å². The lowest BCUT2D eigenvalue weighted by molar-refractivity contribution is -0.126. The Bertz CT molecular complexity index is 507. The third-order valence-corrected chi connectivity index (χ3v) is 4.50. The molecule has 4 nitrogen and oxygen atoms in total. The Labute approximate surface area is 141 Å². The van der Waals surface area contributed by atoms with E-state index in [-0.39, 0.29) is 17.6 Å². The quantitative estimate of drug-likeness (QED) is 0.775. The average molecular weight is 343 g/mol. The van der Waals surface area contributed by atoms with Crippen LogP contribution in [0.3, 0.4) is 0 Å². The van der Waals surface area contributed by atoms with Crippen LogP contribution in [0.15, 0.2) is 18.2 Å². The molecule has 1 saturated heterocycles. The number of halogens is 2. The number of benzene rings is 1. The van der Waals surface area contributed by atoms with Crippen LogP contribution in [0, 0.1) is 11.7 Å². The highest BCUT2D eigenvalue weighted by atomic mass is 35.5. The molecule has 0 aliphatic carbocycles. The zero-order valence-electron chi connectivity index (χ0n) is 13.5. The lowest BCUT2D eigenvalue weighted by Crippen LogP contribution is -2.43. The number of carbonyl (C=O) groups excluding carboxylic acids is 1. The molecule has 1 N–H and O–H groups in total. The van der Waals surface area contributed by atoms with Crippen LogP contribution in [0.4, 0.5) is 4.39 Å². The highest BCUT2D eigenvalue weighted by molar-refractivity contribution is 6.31. The summed E-state index contributed by atoms with van der Waals surface area (Å²) in [6, 6.07) is 4.72. The van der Waals surface area contributed by atoms with Crippen LogP contribution in [-0.4, -0.2) is 44.2 Å². The van der Waals surface area contributed by atoms with Gasteiger partial charge in [-0.2, -0.15) is 0 Å². The molecule has 0 radical (unpaired) electrons. The molecule has 0 aromatic heterocycles. The van der Waals surface area contributed by atoms with Gasteiger partial charge in [0, 0.05) is 43.9 Å². The van der Waals surface area contributed by atoms with Gasteiger partial charge in [0.2, 0.25) is 5.91 Å². The number of carbonyl (C=O) groups is 1. The van der Waals surface area contributed by atoms with Crippen molar-refractivity contribution in [2.75, 3.05) is 33.4 Å². The molecule has 0 spiro atoms. The van der Waals surface area contributed by atoms with Gasteiger partial charge in [-0.15, -0.1) is 0 Å². The lowest BCUT2D eigenvalue weighted by Gasteiger charge is -2.32. The molecule has 1 atom stereocenters. The minimum atomic E-state index is -0.288. The zero-order valence-corrected chi connectivity index (χ0v) is 14.2. The molecule has 2 rings (SSSR count). The lowest BCUT2D eigenvalue weighted by atomic mass is 9.96. The zero-order chi connectivity index (χ0) is 16.7. The summed E-state index contributed by atoms with van der Waals surface area (Å²) in [5.41, 5.74) is 0.510. The first-order chi connectivity index (χ1) is 11.1. The molecule has 23 heavy (non-hydrogen) atoms. The van der Waals surface area contributed by atoms with E-state index in [1.54, 1.807) is 19.2 Å². The minimum Gasteiger partial charge on any atom is -0.385 e. The van der Waals surface area contributed by atoms with Crippen molar-refractivity contribution in [3.63, 3.8) is 0 Å². The standard InChI is InChI=1S/C17H24ClFN2O2/c1-23-10-4-8-20-17(22)13-5-3-9-21(11-13)12-14-15(18)6-2-7-16(14)19/h2,6-7,13H,3-5,8-12H2,1H3,(H,20,22). The van der Waals surface area contributed by atoms with Crippen molar-refractivity contribution < 1.29 is 13.9 Å². The summed E-state index contributed by atoms with van der Waals surface area (Å²) < 4.78 is 18.9. The topological polar surface area (TPSA) is 41.6 Å². The second kappa shape index (κ2) is 9.21. The predicted octanol–water partition coefficient (Wildman–Crippen LogP) is 2.84. The van der Waals surface area contributed by atoms with E-state index in [0.717, 1.165) is 25.8 Å². The highest BCUT2D eigenvalue weighted by Crippen LogP contribution is 2.24. The van der Waals surface area contributed by atoms with Gasteiger partial charge in [-0.1, -0.05) is 17.7 Å². The molecule has 1 aromatic rings. The summed E-state index contributed by atoms with van der Waals surface area (Å²) in [5, 5.41) is 3.39. The van der Waals surface area contributed by atoms with Crippen LogP contribution in [0.1, 0.15) is 24.8 Å². The smallest absolute Gasteiger partial charge is 0.224 e. The van der Waals surface area contributed by atoms with E-state index < -0.39 is 0 Å². The first-order valence-corrected chi connectivity index (χ1v) is 8.41. The van der Waals surface area contributed by atoms with Crippen LogP contribution in [0.5, 0.6) is 0 Å². The van der Waals surface area contributed by atoms with Crippen molar-refractivity contribution in [1.82, 2.24) is 10.2 Å². The maximum absolute atomic E-state index is 13.9. The number of hydrogen-bond acceptors (Lipinski definition) is 3. The second-order valence-electron chi connectivity index (χ2n) is 5.91. The fourth-order valence-electron chi connectivity index (χ4n) is 2.89. The molecular weight excluding hydrogens is 319 g/mol. The van der Waals surface area contributed by atoms with Gasteiger partial charge in [-0.3, -0.25) is 9.69 Å². The molecule has 1 amide bonds. The molecule has 0 saturated carbocycles. The third-order valence-electron chi connectivity index (χ3n) is 4.14. The second-order valence-corrected chi connectivity index (χ2v) is 6.32. The Morgan fingerprint density at radius 2 is 2.35 bits per heavy atom. The van der Waals surface area contributed by atoms with Crippen LogP contribution in [0.2, 0.25) is 5.02 Å². The van der Waals surface area contributed by atoms with Gasteiger partial charge in [0.15, 0.2) is 0 Å². The first kappa shape index (κ1) is 18.2. The molecule has 1 aliphatic heterocycles. The summed E-state index contributed by atoms with van der Waals surface area (Å²) in [6.45, 7) is 3.21. The average Bonchev–Trinajstić information content (AvgIpc) is 2.55. The van der Waals surface area contributed by atoms with Crippen molar-refractivity contribution in [2.45, 2.75) is 25.8 Å². The first-order valence-electron chi connectivity index (χ1n) is 8.03. The fourth-order valence-corrected chi connectivity index (χ4v) is 3.12. The number of rotatable bonds is 7. The molecular formula is C17H24ClFN2O2. The Morgan fingerprint density at radius 3 is 3.09 bits per heavy atom. The largest absolute Gasteiger partial charge is 0.385 e. The van der Waals surface area contributed by atoms with Gasteiger partial charge in [0.1, 0.15) is 5.82 Å². The van der Waals surface area contributed by atoms with E-state index in [1.165, 1.54) is 6.07 Å². The number of ether oxygens (including phenoxy) is 1. The molecule has 1 aromatic carbocycles. The number of nitrogens with one attached hydrogen (secondary N) is 1. The maximum Gasteiger partial charge on any atom is 0.224 e. The number of nitrogens with zero attached hydrogens (tertiary/aromatic N) is 1. The number of methoxy groups -OCH3 is 1. The highest BCUT2D eigenvalue weighted by Gasteiger charge is 2.26. The Morgan fingerprint density at radius 1 is 1.52 bits per heavy atom. The molecule has 0 bridgehead atoms. The van der Waals surface area contributed by atoms with E-state index in [0.29, 0.717) is 36.8 Å². The van der Waals surface area contributed by atoms with E-state index in [9.17, 15) is 9.18 Å². The van der Waals surface area contributed by atoms with Crippen molar-refractivity contribution in [2.24, 2.45) is 5.92 Å². The van der Waals surface area contributed by atoms with Gasteiger partial charge in [-0.05, 0) is 37.9 Å². The van der Waals surface area contributed by atoms with Crippen LogP contribution in [0.25, 0.3) is 0 Å². The van der Waals surface area contributed by atoms with Gasteiger partial charge < -0.3 is 10.1 Å². The molecule has 1 fully saturated rings. The normalized spacial score (nSPS) is 18.8. The monoisotopic (exact) mass is 342 g/mol. The molecule has 6 heteroatoms. The number of piperidine rings is 1. The maximum atomic E-state index is 13.9. The van der Waals surface area contributed by atoms with Crippen molar-refractivity contribution in [3.8, 4) is 0 Å². The molecule has 128 valence electrons. The summed E-state index contributed by atoms with van der Waals surface area (Å²) in [7, 11) is 1.65. The van der Waals surface area contributed by atoms with Gasteiger partial charge in [0.05, 0.1) is 5.92 Å². The number of hydrogen-bond donors (Lipinski definition) is 1. The summed E-state index contributed by atoms with van der Waals surface area (Å²) in [6.07, 6.45) is 2.61. The van der Waals surface area contributed by atoms with E-state index >= 15 is 0 Å². The predicted molar refractivity (Wildman–Crippen MR) is 88.9 cm³/mol.